The monoisotopic (exact) mass is 1220 g/mol. The summed E-state index contributed by atoms with van der Waals surface area (Å²) in [5, 5.41) is 13.9. The van der Waals surface area contributed by atoms with Crippen molar-refractivity contribution in [1.29, 1.82) is 0 Å². The zero-order valence-corrected chi connectivity index (χ0v) is 57.6. The molecule has 0 bridgehead atoms. The lowest BCUT2D eigenvalue weighted by atomic mass is 10.0. The van der Waals surface area contributed by atoms with Gasteiger partial charge in [0.05, 0.1) is 39.9 Å². The number of unbranched alkanes of at least 4 members (excludes halogenated alkanes) is 34. The molecular formula is C77H137N2O6P. The highest BCUT2D eigenvalue weighted by molar-refractivity contribution is 7.45. The van der Waals surface area contributed by atoms with Crippen molar-refractivity contribution in [2.75, 3.05) is 40.9 Å². The Morgan fingerprint density at radius 2 is 0.721 bits per heavy atom. The number of hydrogen-bond donors (Lipinski definition) is 2. The van der Waals surface area contributed by atoms with Crippen LogP contribution in [-0.4, -0.2) is 68.5 Å². The van der Waals surface area contributed by atoms with Crippen molar-refractivity contribution in [2.24, 2.45) is 0 Å². The molecule has 0 aromatic heterocycles. The molecule has 9 heteroatoms. The summed E-state index contributed by atoms with van der Waals surface area (Å²) in [6.07, 6.45) is 99.0. The van der Waals surface area contributed by atoms with E-state index >= 15 is 0 Å². The maximum absolute atomic E-state index is 13.0. The molecule has 3 atom stereocenters. The molecule has 0 saturated heterocycles. The zero-order chi connectivity index (χ0) is 62.6. The highest BCUT2D eigenvalue weighted by atomic mass is 31.2. The minimum absolute atomic E-state index is 0.0103. The van der Waals surface area contributed by atoms with Gasteiger partial charge in [0.25, 0.3) is 7.82 Å². The van der Waals surface area contributed by atoms with Gasteiger partial charge in [-0.05, 0) is 96.3 Å². The normalized spacial score (nSPS) is 14.4. The van der Waals surface area contributed by atoms with E-state index < -0.39 is 26.6 Å². The summed E-state index contributed by atoms with van der Waals surface area (Å²) in [6, 6.07) is -0.912. The number of carbonyl (C=O) groups is 1. The van der Waals surface area contributed by atoms with Gasteiger partial charge in [0, 0.05) is 6.42 Å². The number of aliphatic hydroxyl groups excluding tert-OH is 1. The summed E-state index contributed by atoms with van der Waals surface area (Å²) >= 11 is 0. The summed E-state index contributed by atoms with van der Waals surface area (Å²) in [5.41, 5.74) is 0. The van der Waals surface area contributed by atoms with Crippen LogP contribution in [0.3, 0.4) is 0 Å². The molecular weight excluding hydrogens is 1080 g/mol. The predicted octanol–water partition coefficient (Wildman–Crippen LogP) is 22.6. The third-order valence-corrected chi connectivity index (χ3v) is 16.6. The fourth-order valence-corrected chi connectivity index (χ4v) is 10.9. The quantitative estimate of drug-likeness (QED) is 0.0272. The Labute approximate surface area is 533 Å². The first-order chi connectivity index (χ1) is 42.0. The highest BCUT2D eigenvalue weighted by Crippen LogP contribution is 2.38. The number of nitrogens with zero attached hydrogens (tertiary/aromatic N) is 1. The average Bonchev–Trinajstić information content (AvgIpc) is 3.70. The maximum atomic E-state index is 13.0. The molecule has 86 heavy (non-hydrogen) atoms. The van der Waals surface area contributed by atoms with E-state index in [-0.39, 0.29) is 12.5 Å². The van der Waals surface area contributed by atoms with Gasteiger partial charge in [0.15, 0.2) is 0 Å². The number of hydrogen-bond acceptors (Lipinski definition) is 6. The lowest BCUT2D eigenvalue weighted by Gasteiger charge is -2.29. The second-order valence-electron chi connectivity index (χ2n) is 25.2. The molecule has 0 aliphatic heterocycles. The van der Waals surface area contributed by atoms with E-state index in [1.165, 1.54) is 199 Å². The maximum Gasteiger partial charge on any atom is 0.268 e. The number of nitrogens with one attached hydrogen (secondary N) is 1. The lowest BCUT2D eigenvalue weighted by Crippen LogP contribution is -2.45. The van der Waals surface area contributed by atoms with Crippen LogP contribution >= 0.6 is 7.82 Å². The molecule has 496 valence electrons. The lowest BCUT2D eigenvalue weighted by molar-refractivity contribution is -0.870. The Morgan fingerprint density at radius 3 is 1.08 bits per heavy atom. The Balaban J connectivity index is 4.10. The molecule has 0 aromatic carbocycles. The molecule has 0 aliphatic rings. The van der Waals surface area contributed by atoms with Crippen molar-refractivity contribution in [3.63, 3.8) is 0 Å². The number of carbonyl (C=O) groups excluding carboxylic acids is 1. The molecule has 2 N–H and O–H groups in total. The van der Waals surface area contributed by atoms with Gasteiger partial charge in [0.2, 0.25) is 5.91 Å². The average molecular weight is 1220 g/mol. The second kappa shape index (κ2) is 66.3. The number of quaternary nitrogens is 1. The third-order valence-electron chi connectivity index (χ3n) is 15.7. The Bertz CT molecular complexity index is 1820. The summed E-state index contributed by atoms with van der Waals surface area (Å²) in [4.78, 5) is 25.6. The van der Waals surface area contributed by atoms with Crippen molar-refractivity contribution in [3.8, 4) is 0 Å². The van der Waals surface area contributed by atoms with E-state index in [0.29, 0.717) is 17.4 Å². The van der Waals surface area contributed by atoms with E-state index in [9.17, 15) is 19.4 Å². The van der Waals surface area contributed by atoms with Gasteiger partial charge in [-0.15, -0.1) is 0 Å². The Hall–Kier alpha value is -3.10. The number of rotatable bonds is 65. The highest BCUT2D eigenvalue weighted by Gasteiger charge is 2.23. The molecule has 8 nitrogen and oxygen atoms in total. The van der Waals surface area contributed by atoms with Gasteiger partial charge >= 0.3 is 0 Å². The smallest absolute Gasteiger partial charge is 0.268 e. The summed E-state index contributed by atoms with van der Waals surface area (Å²) < 4.78 is 23.4. The minimum atomic E-state index is -4.62. The number of aliphatic hydroxyl groups is 1. The van der Waals surface area contributed by atoms with Crippen molar-refractivity contribution in [3.05, 3.63) is 122 Å². The molecule has 0 heterocycles. The largest absolute Gasteiger partial charge is 0.756 e. The second-order valence-corrected chi connectivity index (χ2v) is 26.6. The topological polar surface area (TPSA) is 108 Å². The summed E-state index contributed by atoms with van der Waals surface area (Å²) in [7, 11) is 1.24. The molecule has 0 spiro atoms. The van der Waals surface area contributed by atoms with Crippen molar-refractivity contribution in [2.45, 2.75) is 321 Å². The van der Waals surface area contributed by atoms with Crippen molar-refractivity contribution in [1.82, 2.24) is 5.32 Å². The molecule has 0 saturated carbocycles. The van der Waals surface area contributed by atoms with Crippen molar-refractivity contribution < 1.29 is 32.9 Å². The number of allylic oxidation sites excluding steroid dienone is 19. The Morgan fingerprint density at radius 1 is 0.419 bits per heavy atom. The van der Waals surface area contributed by atoms with E-state index in [4.69, 9.17) is 9.05 Å². The van der Waals surface area contributed by atoms with Crippen LogP contribution in [0.5, 0.6) is 0 Å². The van der Waals surface area contributed by atoms with Crippen LogP contribution in [0.15, 0.2) is 122 Å². The molecule has 3 unspecified atom stereocenters. The van der Waals surface area contributed by atoms with Gasteiger partial charge in [-0.25, -0.2) is 0 Å². The first-order valence-electron chi connectivity index (χ1n) is 35.9. The third kappa shape index (κ3) is 68.4. The minimum Gasteiger partial charge on any atom is -0.756 e. The SMILES string of the molecule is CC/C=C\C/C=C\C/C=C\C/C=C\C/C=C\C/C=C\C/C=C\C/C=C\CCCCCCCCCCCCCCCCC(=O)NC(COP(=O)([O-])OCC[N+](C)(C)C)C(O)/C=C/CC/C=C/CCCCCCCCCCCCCCCCCCCCC. The van der Waals surface area contributed by atoms with Gasteiger partial charge in [-0.1, -0.05) is 328 Å². The number of amides is 1. The van der Waals surface area contributed by atoms with Crippen LogP contribution in [-0.2, 0) is 18.4 Å². The van der Waals surface area contributed by atoms with Gasteiger partial charge < -0.3 is 28.8 Å². The summed E-state index contributed by atoms with van der Waals surface area (Å²) in [5.74, 6) is -0.209. The van der Waals surface area contributed by atoms with E-state index in [0.717, 1.165) is 89.9 Å². The van der Waals surface area contributed by atoms with Crippen LogP contribution in [0.4, 0.5) is 0 Å². The van der Waals surface area contributed by atoms with E-state index in [1.807, 2.05) is 27.2 Å². The number of likely N-dealkylation sites (N-methyl/N-ethyl adjacent to an activating group) is 1. The van der Waals surface area contributed by atoms with Crippen LogP contribution in [0, 0.1) is 0 Å². The molecule has 0 radical (unpaired) electrons. The number of phosphoric acid groups is 1. The first-order valence-corrected chi connectivity index (χ1v) is 37.4. The number of phosphoric ester groups is 1. The Kier molecular flexibility index (Phi) is 63.9. The van der Waals surface area contributed by atoms with Gasteiger partial charge in [-0.3, -0.25) is 9.36 Å². The van der Waals surface area contributed by atoms with Crippen LogP contribution < -0.4 is 10.2 Å². The van der Waals surface area contributed by atoms with E-state index in [1.54, 1.807) is 6.08 Å². The predicted molar refractivity (Wildman–Crippen MR) is 375 cm³/mol. The molecule has 0 aliphatic carbocycles. The fourth-order valence-electron chi connectivity index (χ4n) is 10.1. The molecule has 0 fully saturated rings. The molecule has 0 aromatic rings. The van der Waals surface area contributed by atoms with E-state index in [2.05, 4.69) is 129 Å². The van der Waals surface area contributed by atoms with Crippen LogP contribution in [0.2, 0.25) is 0 Å². The zero-order valence-electron chi connectivity index (χ0n) is 56.7. The first kappa shape index (κ1) is 82.9. The van der Waals surface area contributed by atoms with Gasteiger partial charge in [-0.2, -0.15) is 0 Å². The van der Waals surface area contributed by atoms with Crippen molar-refractivity contribution >= 4 is 13.7 Å². The molecule has 1 amide bonds. The fraction of sp³-hybridized carbons (Fsp3) is 0.727. The van der Waals surface area contributed by atoms with Crippen LogP contribution in [0.1, 0.15) is 309 Å². The molecule has 0 rings (SSSR count). The van der Waals surface area contributed by atoms with Gasteiger partial charge in [0.1, 0.15) is 13.2 Å². The van der Waals surface area contributed by atoms with Crippen LogP contribution in [0.25, 0.3) is 0 Å². The standard InChI is InChI=1S/C77H137N2O6P/c1-6-8-10-12-14-16-18-20-22-24-26-28-30-32-33-34-35-36-37-38-39-40-41-42-43-44-45-47-49-51-53-55-57-59-61-63-65-67-69-71-77(81)78-75(74-85-86(82,83)84-73-72-79(3,4)5)76(80)70-68-66-64-62-60-58-56-54-52-50-48-46-31-29-27-25-23-21-19-17-15-13-11-9-7-2/h8,10,14,16,20,22,26,28,32-33,35-36,38-39,41-42,60,62,68,70,75-76,80H,6-7,9,11-13,15,17-19,21,23-25,27,29-31,34,37,40,43-59,61,63-67,69,71-74H2,1-5H3,(H-,78,81,82,83)/b10-8-,16-14-,22-20-,28-26-,33-32-,36-35-,39-38-,42-41-,62-60+,70-68+. The summed E-state index contributed by atoms with van der Waals surface area (Å²) in [6.45, 7) is 4.54.